The Balaban J connectivity index is 1.71. The zero-order valence-corrected chi connectivity index (χ0v) is 17.1. The van der Waals surface area contributed by atoms with Crippen LogP contribution in [0.5, 0.6) is 11.5 Å². The molecule has 0 aliphatic carbocycles. The number of pyridine rings is 3. The molecule has 158 valence electrons. The Bertz CT molecular complexity index is 1360. The number of aromatic nitrogens is 3. The van der Waals surface area contributed by atoms with Crippen molar-refractivity contribution in [2.75, 3.05) is 0 Å². The van der Waals surface area contributed by atoms with Gasteiger partial charge in [0, 0.05) is 29.1 Å². The lowest BCUT2D eigenvalue weighted by molar-refractivity contribution is 0.402. The highest BCUT2D eigenvalue weighted by molar-refractivity contribution is 6.29. The van der Waals surface area contributed by atoms with Crippen LogP contribution in [-0.4, -0.2) is 20.8 Å². The molecule has 1 aromatic carbocycles. The summed E-state index contributed by atoms with van der Waals surface area (Å²) in [6.45, 7) is 0. The van der Waals surface area contributed by atoms with E-state index in [1.807, 2.05) is 0 Å². The van der Waals surface area contributed by atoms with Gasteiger partial charge < -0.3 is 10.5 Å². The van der Waals surface area contributed by atoms with E-state index in [4.69, 9.17) is 22.1 Å². The number of ether oxygens (including phenoxy) is 1. The molecule has 9 heteroatoms. The van der Waals surface area contributed by atoms with Crippen LogP contribution >= 0.6 is 11.6 Å². The van der Waals surface area contributed by atoms with Crippen LogP contribution < -0.4 is 10.5 Å². The molecule has 32 heavy (non-hydrogen) atoms. The highest BCUT2D eigenvalue weighted by Crippen LogP contribution is 2.47. The molecule has 4 aromatic rings. The summed E-state index contributed by atoms with van der Waals surface area (Å²) in [5.41, 5.74) is 8.44. The lowest BCUT2D eigenvalue weighted by Crippen LogP contribution is -2.19. The van der Waals surface area contributed by atoms with Crippen LogP contribution in [0.25, 0.3) is 11.1 Å². The van der Waals surface area contributed by atoms with Crippen molar-refractivity contribution in [2.45, 2.75) is 6.04 Å². The lowest BCUT2D eigenvalue weighted by atomic mass is 9.93. The van der Waals surface area contributed by atoms with E-state index in [9.17, 15) is 8.78 Å². The fraction of sp³-hybridized carbons (Fsp3) is 0.0435. The van der Waals surface area contributed by atoms with Crippen LogP contribution in [0.3, 0.4) is 0 Å². The van der Waals surface area contributed by atoms with Crippen LogP contribution in [0.4, 0.5) is 8.78 Å². The maximum Gasteiger partial charge on any atom is 0.257 e. The van der Waals surface area contributed by atoms with E-state index < -0.39 is 17.9 Å². The first-order valence-corrected chi connectivity index (χ1v) is 9.92. The van der Waals surface area contributed by atoms with Gasteiger partial charge in [0.05, 0.1) is 0 Å². The number of fused-ring (bicyclic) bond motifs is 2. The van der Waals surface area contributed by atoms with Crippen molar-refractivity contribution < 1.29 is 13.5 Å². The number of amidine groups is 1. The Kier molecular flexibility index (Phi) is 4.99. The molecule has 3 aromatic heterocycles. The minimum atomic E-state index is -0.864. The zero-order chi connectivity index (χ0) is 22.2. The fourth-order valence-electron chi connectivity index (χ4n) is 3.55. The molecule has 5 rings (SSSR count). The van der Waals surface area contributed by atoms with Crippen LogP contribution in [0.2, 0.25) is 5.15 Å². The summed E-state index contributed by atoms with van der Waals surface area (Å²) >= 11 is 6.02. The molecule has 1 aliphatic rings. The number of benzene rings is 1. The highest BCUT2D eigenvalue weighted by atomic mass is 35.5. The minimum Gasteiger partial charge on any atom is -0.452 e. The standard InChI is InChI=1S/C23H14ClF2N5O/c24-18-11-15-19(31-23(27)16-5-1-2-8-28-16)14-10-12(13-4-3-9-29-21(13)25)6-7-17(14)32-20(15)22(26)30-18/h1-11,19H,(H2,27,31). The van der Waals surface area contributed by atoms with E-state index in [1.165, 1.54) is 12.3 Å². The van der Waals surface area contributed by atoms with Gasteiger partial charge in [-0.1, -0.05) is 23.7 Å². The third-order valence-corrected chi connectivity index (χ3v) is 5.20. The highest BCUT2D eigenvalue weighted by Gasteiger charge is 2.31. The summed E-state index contributed by atoms with van der Waals surface area (Å²) in [5.74, 6) is -1.09. The van der Waals surface area contributed by atoms with E-state index >= 15 is 0 Å². The van der Waals surface area contributed by atoms with E-state index in [0.29, 0.717) is 33.7 Å². The molecule has 0 bridgehead atoms. The SMILES string of the molecule is NC(=NC1c2cc(-c3cccnc3F)ccc2Oc2c1cc(Cl)nc2F)c1ccccn1. The molecule has 4 heterocycles. The van der Waals surface area contributed by atoms with Crippen LogP contribution in [0.15, 0.2) is 72.0 Å². The Morgan fingerprint density at radius 3 is 2.59 bits per heavy atom. The number of nitrogens with zero attached hydrogens (tertiary/aromatic N) is 4. The summed E-state index contributed by atoms with van der Waals surface area (Å²) in [5, 5.41) is -0.0561. The molecular weight excluding hydrogens is 436 g/mol. The van der Waals surface area contributed by atoms with Crippen molar-refractivity contribution in [3.8, 4) is 22.6 Å². The van der Waals surface area contributed by atoms with E-state index in [-0.39, 0.29) is 16.7 Å². The third-order valence-electron chi connectivity index (χ3n) is 5.01. The van der Waals surface area contributed by atoms with Crippen molar-refractivity contribution in [1.29, 1.82) is 0 Å². The van der Waals surface area contributed by atoms with Gasteiger partial charge >= 0.3 is 0 Å². The smallest absolute Gasteiger partial charge is 0.257 e. The quantitative estimate of drug-likeness (QED) is 0.268. The molecule has 0 saturated carbocycles. The van der Waals surface area contributed by atoms with Crippen LogP contribution in [0.1, 0.15) is 22.9 Å². The van der Waals surface area contributed by atoms with Gasteiger partial charge in [-0.3, -0.25) is 9.98 Å². The molecule has 0 spiro atoms. The van der Waals surface area contributed by atoms with Crippen molar-refractivity contribution in [3.63, 3.8) is 0 Å². The molecule has 0 fully saturated rings. The fourth-order valence-corrected chi connectivity index (χ4v) is 3.75. The molecule has 1 unspecified atom stereocenters. The predicted molar refractivity (Wildman–Crippen MR) is 116 cm³/mol. The largest absolute Gasteiger partial charge is 0.452 e. The first-order chi connectivity index (χ1) is 15.5. The van der Waals surface area contributed by atoms with Gasteiger partial charge in [-0.25, -0.2) is 9.97 Å². The normalized spacial score (nSPS) is 15.0. The summed E-state index contributed by atoms with van der Waals surface area (Å²) in [6.07, 6.45) is 2.96. The summed E-state index contributed by atoms with van der Waals surface area (Å²) < 4.78 is 34.7. The third kappa shape index (κ3) is 3.54. The van der Waals surface area contributed by atoms with E-state index in [1.54, 1.807) is 54.7 Å². The van der Waals surface area contributed by atoms with Crippen molar-refractivity contribution in [2.24, 2.45) is 10.7 Å². The topological polar surface area (TPSA) is 86.3 Å². The summed E-state index contributed by atoms with van der Waals surface area (Å²) in [6, 6.07) is 14.2. The Hall–Kier alpha value is -3.91. The predicted octanol–water partition coefficient (Wildman–Crippen LogP) is 5.07. The second-order valence-electron chi connectivity index (χ2n) is 6.98. The molecule has 1 atom stereocenters. The monoisotopic (exact) mass is 449 g/mol. The van der Waals surface area contributed by atoms with E-state index in [0.717, 1.165) is 0 Å². The van der Waals surface area contributed by atoms with Gasteiger partial charge in [0.1, 0.15) is 28.5 Å². The van der Waals surface area contributed by atoms with E-state index in [2.05, 4.69) is 19.9 Å². The van der Waals surface area contributed by atoms with Gasteiger partial charge in [-0.15, -0.1) is 0 Å². The number of rotatable bonds is 3. The average Bonchev–Trinajstić information content (AvgIpc) is 2.80. The number of halogens is 3. The molecular formula is C23H14ClF2N5O. The second kappa shape index (κ2) is 7.97. The molecule has 0 radical (unpaired) electrons. The van der Waals surface area contributed by atoms with Gasteiger partial charge in [-0.2, -0.15) is 8.78 Å². The molecule has 6 nitrogen and oxygen atoms in total. The maximum absolute atomic E-state index is 14.6. The van der Waals surface area contributed by atoms with Gasteiger partial charge in [0.25, 0.3) is 5.95 Å². The minimum absolute atomic E-state index is 0.0561. The number of nitrogens with two attached hydrogens (primary N) is 1. The molecule has 1 aliphatic heterocycles. The molecule has 0 amide bonds. The van der Waals surface area contributed by atoms with Gasteiger partial charge in [0.15, 0.2) is 5.75 Å². The second-order valence-corrected chi connectivity index (χ2v) is 7.37. The molecule has 2 N–H and O–H groups in total. The van der Waals surface area contributed by atoms with Crippen LogP contribution in [0, 0.1) is 11.9 Å². The van der Waals surface area contributed by atoms with Crippen molar-refractivity contribution in [1.82, 2.24) is 15.0 Å². The van der Waals surface area contributed by atoms with Gasteiger partial charge in [-0.05, 0) is 48.0 Å². The molecule has 0 saturated heterocycles. The summed E-state index contributed by atoms with van der Waals surface area (Å²) in [4.78, 5) is 16.2. The Morgan fingerprint density at radius 2 is 1.81 bits per heavy atom. The first kappa shape index (κ1) is 20.0. The Labute approximate surface area is 186 Å². The Morgan fingerprint density at radius 1 is 0.969 bits per heavy atom. The summed E-state index contributed by atoms with van der Waals surface area (Å²) in [7, 11) is 0. The first-order valence-electron chi connectivity index (χ1n) is 9.54. The lowest BCUT2D eigenvalue weighted by Gasteiger charge is -2.26. The number of hydrogen-bond acceptors (Lipinski definition) is 5. The zero-order valence-electron chi connectivity index (χ0n) is 16.3. The van der Waals surface area contributed by atoms with Crippen molar-refractivity contribution >= 4 is 17.4 Å². The number of aliphatic imine (C=N–C) groups is 1. The maximum atomic E-state index is 14.6. The van der Waals surface area contributed by atoms with Crippen LogP contribution in [-0.2, 0) is 0 Å². The van der Waals surface area contributed by atoms with Gasteiger partial charge in [0.2, 0.25) is 5.95 Å². The number of hydrogen-bond donors (Lipinski definition) is 1. The van der Waals surface area contributed by atoms with Crippen molar-refractivity contribution in [3.05, 3.63) is 101 Å². The average molecular weight is 450 g/mol.